The van der Waals surface area contributed by atoms with Gasteiger partial charge in [-0.15, -0.1) is 0 Å². The van der Waals surface area contributed by atoms with Crippen LogP contribution in [-0.4, -0.2) is 23.6 Å². The van der Waals surface area contributed by atoms with Crippen LogP contribution in [0.5, 0.6) is 5.75 Å². The number of anilines is 1. The van der Waals surface area contributed by atoms with Gasteiger partial charge in [-0.1, -0.05) is 24.3 Å². The molecule has 7 heteroatoms. The molecular formula is C19H19F2NO4. The summed E-state index contributed by atoms with van der Waals surface area (Å²) >= 11 is 0. The number of alkyl halides is 2. The summed E-state index contributed by atoms with van der Waals surface area (Å²) in [6, 6.07) is 11.6. The van der Waals surface area contributed by atoms with Crippen molar-refractivity contribution < 1.29 is 28.2 Å². The lowest BCUT2D eigenvalue weighted by molar-refractivity contribution is -0.141. The molecule has 26 heavy (non-hydrogen) atoms. The number of para-hydroxylation sites is 1. The van der Waals surface area contributed by atoms with E-state index in [1.165, 1.54) is 24.3 Å². The average Bonchev–Trinajstić information content (AvgIpc) is 2.61. The van der Waals surface area contributed by atoms with Gasteiger partial charge in [0.25, 0.3) is 5.91 Å². The predicted molar refractivity (Wildman–Crippen MR) is 92.5 cm³/mol. The molecule has 2 aromatic carbocycles. The highest BCUT2D eigenvalue weighted by atomic mass is 19.3. The van der Waals surface area contributed by atoms with E-state index in [9.17, 15) is 18.4 Å². The number of amides is 1. The summed E-state index contributed by atoms with van der Waals surface area (Å²) in [6.45, 7) is 1.87. The van der Waals surface area contributed by atoms with Gasteiger partial charge in [0, 0.05) is 12.1 Å². The van der Waals surface area contributed by atoms with E-state index in [4.69, 9.17) is 9.84 Å². The second kappa shape index (κ2) is 8.42. The number of carboxylic acids is 1. The maximum Gasteiger partial charge on any atom is 0.353 e. The van der Waals surface area contributed by atoms with Crippen molar-refractivity contribution in [3.05, 3.63) is 59.7 Å². The summed E-state index contributed by atoms with van der Waals surface area (Å²) in [6.07, 6.45) is 0.291. The van der Waals surface area contributed by atoms with Crippen molar-refractivity contribution in [3.8, 4) is 5.75 Å². The molecule has 0 saturated carbocycles. The number of carbonyl (C=O) groups is 2. The van der Waals surface area contributed by atoms with Gasteiger partial charge in [-0.3, -0.25) is 9.59 Å². The Hall–Kier alpha value is -2.96. The van der Waals surface area contributed by atoms with Crippen molar-refractivity contribution in [2.24, 2.45) is 0 Å². The van der Waals surface area contributed by atoms with Gasteiger partial charge >= 0.3 is 11.9 Å². The van der Waals surface area contributed by atoms with Crippen molar-refractivity contribution in [3.63, 3.8) is 0 Å². The molecule has 2 N–H and O–H groups in total. The Morgan fingerprint density at radius 2 is 1.77 bits per heavy atom. The minimum absolute atomic E-state index is 0.0298. The van der Waals surface area contributed by atoms with Crippen LogP contribution >= 0.6 is 0 Å². The first-order valence-corrected chi connectivity index (χ1v) is 8.07. The van der Waals surface area contributed by atoms with Gasteiger partial charge < -0.3 is 15.2 Å². The first kappa shape index (κ1) is 19.4. The molecule has 0 radical (unpaired) electrons. The van der Waals surface area contributed by atoms with Crippen LogP contribution in [0.3, 0.4) is 0 Å². The molecule has 0 heterocycles. The highest BCUT2D eigenvalue weighted by molar-refractivity contribution is 5.97. The molecule has 138 valence electrons. The van der Waals surface area contributed by atoms with Crippen LogP contribution in [0.1, 0.15) is 24.5 Å². The minimum Gasteiger partial charge on any atom is -0.493 e. The third-order valence-electron chi connectivity index (χ3n) is 3.65. The average molecular weight is 363 g/mol. The SMILES string of the molecule is CCOc1ccccc1C(F)(F)C(=O)Nc1ccc(CCC(=O)O)cc1. The van der Waals surface area contributed by atoms with Gasteiger partial charge in [0.1, 0.15) is 5.75 Å². The molecule has 0 aliphatic carbocycles. The topological polar surface area (TPSA) is 75.6 Å². The van der Waals surface area contributed by atoms with Crippen LogP contribution in [0.15, 0.2) is 48.5 Å². The van der Waals surface area contributed by atoms with Gasteiger partial charge in [0.15, 0.2) is 0 Å². The number of aryl methyl sites for hydroxylation is 1. The number of benzene rings is 2. The van der Waals surface area contributed by atoms with Gasteiger partial charge in [0.05, 0.1) is 12.2 Å². The quantitative estimate of drug-likeness (QED) is 0.747. The zero-order valence-corrected chi connectivity index (χ0v) is 14.2. The molecule has 0 atom stereocenters. The van der Waals surface area contributed by atoms with E-state index in [-0.39, 0.29) is 24.5 Å². The lowest BCUT2D eigenvalue weighted by atomic mass is 10.1. The molecule has 0 fully saturated rings. The van der Waals surface area contributed by atoms with Gasteiger partial charge in [0.2, 0.25) is 0 Å². The Morgan fingerprint density at radius 3 is 2.38 bits per heavy atom. The lowest BCUT2D eigenvalue weighted by Gasteiger charge is -2.19. The Labute approximate surface area is 149 Å². The number of aliphatic carboxylic acids is 1. The number of ether oxygens (including phenoxy) is 1. The molecule has 2 aromatic rings. The zero-order valence-electron chi connectivity index (χ0n) is 14.2. The Balaban J connectivity index is 2.12. The van der Waals surface area contributed by atoms with Crippen molar-refractivity contribution in [2.45, 2.75) is 25.7 Å². The van der Waals surface area contributed by atoms with E-state index >= 15 is 0 Å². The van der Waals surface area contributed by atoms with Crippen LogP contribution in [0.2, 0.25) is 0 Å². The summed E-state index contributed by atoms with van der Waals surface area (Å²) in [5.74, 6) is -6.20. The molecule has 0 spiro atoms. The molecule has 0 aromatic heterocycles. The summed E-state index contributed by atoms with van der Waals surface area (Å²) in [5.41, 5.74) is 0.430. The van der Waals surface area contributed by atoms with Crippen LogP contribution in [0, 0.1) is 0 Å². The molecule has 0 unspecified atom stereocenters. The van der Waals surface area contributed by atoms with Crippen LogP contribution in [-0.2, 0) is 21.9 Å². The minimum atomic E-state index is -3.77. The van der Waals surface area contributed by atoms with Crippen molar-refractivity contribution in [1.82, 2.24) is 0 Å². The van der Waals surface area contributed by atoms with Crippen LogP contribution in [0.4, 0.5) is 14.5 Å². The monoisotopic (exact) mass is 363 g/mol. The second-order valence-corrected chi connectivity index (χ2v) is 5.55. The summed E-state index contributed by atoms with van der Waals surface area (Å²) in [4.78, 5) is 22.7. The number of nitrogens with one attached hydrogen (secondary N) is 1. The normalized spacial score (nSPS) is 11.0. The number of halogens is 2. The Kier molecular flexibility index (Phi) is 6.27. The third-order valence-corrected chi connectivity index (χ3v) is 3.65. The number of carbonyl (C=O) groups excluding carboxylic acids is 1. The number of hydrogen-bond donors (Lipinski definition) is 2. The molecule has 0 aliphatic rings. The van der Waals surface area contributed by atoms with Crippen molar-refractivity contribution in [1.29, 1.82) is 0 Å². The first-order chi connectivity index (χ1) is 12.3. The maximum absolute atomic E-state index is 14.6. The second-order valence-electron chi connectivity index (χ2n) is 5.55. The fraction of sp³-hybridized carbons (Fsp3) is 0.263. The van der Waals surface area contributed by atoms with Crippen molar-refractivity contribution >= 4 is 17.6 Å². The van der Waals surface area contributed by atoms with Crippen LogP contribution < -0.4 is 10.1 Å². The molecule has 0 aliphatic heterocycles. The molecular weight excluding hydrogens is 344 g/mol. The van der Waals surface area contributed by atoms with E-state index < -0.39 is 23.4 Å². The standard InChI is InChI=1S/C19H19F2NO4/c1-2-26-16-6-4-3-5-15(16)19(20,21)18(25)22-14-10-7-13(8-11-14)9-12-17(23)24/h3-8,10-11H,2,9,12H2,1H3,(H,22,25)(H,23,24). The van der Waals surface area contributed by atoms with E-state index in [0.29, 0.717) is 6.42 Å². The van der Waals surface area contributed by atoms with E-state index in [1.807, 2.05) is 0 Å². The predicted octanol–water partition coefficient (Wildman–Crippen LogP) is 3.83. The maximum atomic E-state index is 14.6. The largest absolute Gasteiger partial charge is 0.493 e. The van der Waals surface area contributed by atoms with Crippen LogP contribution in [0.25, 0.3) is 0 Å². The van der Waals surface area contributed by atoms with E-state index in [2.05, 4.69) is 5.32 Å². The summed E-state index contributed by atoms with van der Waals surface area (Å²) in [7, 11) is 0. The molecule has 0 bridgehead atoms. The number of rotatable bonds is 8. The summed E-state index contributed by atoms with van der Waals surface area (Å²) < 4.78 is 34.3. The van der Waals surface area contributed by atoms with Gasteiger partial charge in [-0.25, -0.2) is 0 Å². The molecule has 2 rings (SSSR count). The summed E-state index contributed by atoms with van der Waals surface area (Å²) in [5, 5.41) is 10.8. The smallest absolute Gasteiger partial charge is 0.353 e. The van der Waals surface area contributed by atoms with Gasteiger partial charge in [-0.2, -0.15) is 8.78 Å². The third kappa shape index (κ3) is 4.78. The Morgan fingerprint density at radius 1 is 1.12 bits per heavy atom. The van der Waals surface area contributed by atoms with Crippen molar-refractivity contribution in [2.75, 3.05) is 11.9 Å². The molecule has 0 saturated heterocycles. The fourth-order valence-corrected chi connectivity index (χ4v) is 2.35. The first-order valence-electron chi connectivity index (χ1n) is 8.07. The van der Waals surface area contributed by atoms with E-state index in [0.717, 1.165) is 11.6 Å². The van der Waals surface area contributed by atoms with Gasteiger partial charge in [-0.05, 0) is 43.2 Å². The fourth-order valence-electron chi connectivity index (χ4n) is 2.35. The zero-order chi connectivity index (χ0) is 19.2. The lowest BCUT2D eigenvalue weighted by Crippen LogP contribution is -2.32. The highest BCUT2D eigenvalue weighted by Crippen LogP contribution is 2.36. The molecule has 5 nitrogen and oxygen atoms in total. The van der Waals surface area contributed by atoms with E-state index in [1.54, 1.807) is 25.1 Å². The number of hydrogen-bond acceptors (Lipinski definition) is 3. The Bertz CT molecular complexity index is 775. The number of carboxylic acid groups (broad SMARTS) is 1. The highest BCUT2D eigenvalue weighted by Gasteiger charge is 2.43. The molecule has 1 amide bonds.